The molecule has 0 bridgehead atoms. The highest BCUT2D eigenvalue weighted by Gasteiger charge is 2.15. The van der Waals surface area contributed by atoms with Crippen LogP contribution in [0.1, 0.15) is 16.8 Å². The lowest BCUT2D eigenvalue weighted by Crippen LogP contribution is -2.02. The number of rotatable bonds is 2. The van der Waals surface area contributed by atoms with E-state index in [0.29, 0.717) is 11.4 Å². The number of thioether (sulfide) groups is 1. The molecule has 0 amide bonds. The van der Waals surface area contributed by atoms with E-state index in [-0.39, 0.29) is 0 Å². The van der Waals surface area contributed by atoms with E-state index in [0.717, 1.165) is 22.4 Å². The van der Waals surface area contributed by atoms with Gasteiger partial charge >= 0.3 is 0 Å². The largest absolute Gasteiger partial charge is 0.383 e. The molecule has 1 aromatic heterocycles. The lowest BCUT2D eigenvalue weighted by atomic mass is 9.95. The summed E-state index contributed by atoms with van der Waals surface area (Å²) in [7, 11) is 0. The maximum absolute atomic E-state index is 9.30. The smallest absolute Gasteiger partial charge is 0.142 e. The number of aromatic nitrogens is 1. The fraction of sp³-hybridized carbons (Fsp3) is 0.200. The molecule has 4 heteroatoms. The SMILES string of the molecule is CSc1ccc(-c2c(C)c(C)nc(N)c2C#N)cc1. The molecule has 0 fully saturated rings. The minimum Gasteiger partial charge on any atom is -0.383 e. The van der Waals surface area contributed by atoms with Gasteiger partial charge in [0.25, 0.3) is 0 Å². The molecule has 96 valence electrons. The van der Waals surface area contributed by atoms with Gasteiger partial charge in [-0.25, -0.2) is 4.98 Å². The molecular weight excluding hydrogens is 254 g/mol. The van der Waals surface area contributed by atoms with Crippen LogP contribution in [0.4, 0.5) is 5.82 Å². The minimum atomic E-state index is 0.301. The molecule has 2 aromatic rings. The van der Waals surface area contributed by atoms with E-state index in [1.807, 2.05) is 44.4 Å². The monoisotopic (exact) mass is 269 g/mol. The Hall–Kier alpha value is -1.99. The van der Waals surface area contributed by atoms with Crippen LogP contribution in [0, 0.1) is 25.2 Å². The van der Waals surface area contributed by atoms with Crippen molar-refractivity contribution < 1.29 is 0 Å². The molecule has 2 rings (SSSR count). The van der Waals surface area contributed by atoms with Gasteiger partial charge in [0.05, 0.1) is 0 Å². The Kier molecular flexibility index (Phi) is 3.77. The second-order valence-corrected chi connectivity index (χ2v) is 5.18. The molecule has 0 unspecified atom stereocenters. The quantitative estimate of drug-likeness (QED) is 0.847. The first kappa shape index (κ1) is 13.4. The molecule has 0 atom stereocenters. The number of hydrogen-bond acceptors (Lipinski definition) is 4. The fourth-order valence-electron chi connectivity index (χ4n) is 2.05. The van der Waals surface area contributed by atoms with Gasteiger partial charge in [-0.1, -0.05) is 12.1 Å². The van der Waals surface area contributed by atoms with Crippen LogP contribution in [0.3, 0.4) is 0 Å². The Balaban J connectivity index is 2.70. The predicted molar refractivity (Wildman–Crippen MR) is 80.1 cm³/mol. The minimum absolute atomic E-state index is 0.301. The van der Waals surface area contributed by atoms with E-state index in [1.165, 1.54) is 4.90 Å². The Bertz CT molecular complexity index is 655. The van der Waals surface area contributed by atoms with Crippen molar-refractivity contribution in [3.63, 3.8) is 0 Å². The Morgan fingerprint density at radius 3 is 2.37 bits per heavy atom. The first-order chi connectivity index (χ1) is 9.08. The zero-order valence-electron chi connectivity index (χ0n) is 11.2. The van der Waals surface area contributed by atoms with Crippen molar-refractivity contribution in [2.45, 2.75) is 18.7 Å². The number of nitriles is 1. The fourth-order valence-corrected chi connectivity index (χ4v) is 2.46. The molecule has 0 aliphatic rings. The summed E-state index contributed by atoms with van der Waals surface area (Å²) in [5.41, 5.74) is 10.1. The van der Waals surface area contributed by atoms with Crippen molar-refractivity contribution in [3.05, 3.63) is 41.1 Å². The lowest BCUT2D eigenvalue weighted by Gasteiger charge is -2.13. The summed E-state index contributed by atoms with van der Waals surface area (Å²) in [5.74, 6) is 0.301. The Morgan fingerprint density at radius 1 is 1.21 bits per heavy atom. The zero-order valence-corrected chi connectivity index (χ0v) is 12.0. The number of nitrogen functional groups attached to an aromatic ring is 1. The standard InChI is InChI=1S/C15H15N3S/c1-9-10(2)18-15(17)13(8-16)14(9)11-4-6-12(19-3)7-5-11/h4-7H,1-3H3,(H2,17,18). The summed E-state index contributed by atoms with van der Waals surface area (Å²) in [5, 5.41) is 9.30. The van der Waals surface area contributed by atoms with Gasteiger partial charge in [-0.15, -0.1) is 11.8 Å². The molecule has 0 radical (unpaired) electrons. The van der Waals surface area contributed by atoms with Crippen molar-refractivity contribution in [1.82, 2.24) is 4.98 Å². The van der Waals surface area contributed by atoms with Crippen molar-refractivity contribution in [2.75, 3.05) is 12.0 Å². The first-order valence-electron chi connectivity index (χ1n) is 5.89. The molecule has 0 saturated heterocycles. The van der Waals surface area contributed by atoms with Gasteiger partial charge in [0.1, 0.15) is 17.5 Å². The van der Waals surface area contributed by atoms with Gasteiger partial charge in [0.15, 0.2) is 0 Å². The van der Waals surface area contributed by atoms with E-state index < -0.39 is 0 Å². The molecule has 19 heavy (non-hydrogen) atoms. The highest BCUT2D eigenvalue weighted by atomic mass is 32.2. The summed E-state index contributed by atoms with van der Waals surface area (Å²) in [6.07, 6.45) is 2.04. The molecular formula is C15H15N3S. The van der Waals surface area contributed by atoms with Crippen LogP contribution in [-0.2, 0) is 0 Å². The summed E-state index contributed by atoms with van der Waals surface area (Å²) >= 11 is 1.69. The van der Waals surface area contributed by atoms with Gasteiger partial charge in [-0.2, -0.15) is 5.26 Å². The highest BCUT2D eigenvalue weighted by molar-refractivity contribution is 7.98. The van der Waals surface area contributed by atoms with Crippen molar-refractivity contribution in [2.24, 2.45) is 0 Å². The highest BCUT2D eigenvalue weighted by Crippen LogP contribution is 2.32. The van der Waals surface area contributed by atoms with Crippen LogP contribution in [0.25, 0.3) is 11.1 Å². The van der Waals surface area contributed by atoms with Gasteiger partial charge in [-0.3, -0.25) is 0 Å². The van der Waals surface area contributed by atoms with Gasteiger partial charge < -0.3 is 5.73 Å². The number of aryl methyl sites for hydroxylation is 1. The topological polar surface area (TPSA) is 62.7 Å². The number of nitrogens with two attached hydrogens (primary N) is 1. The Morgan fingerprint density at radius 2 is 1.84 bits per heavy atom. The van der Waals surface area contributed by atoms with Crippen LogP contribution >= 0.6 is 11.8 Å². The van der Waals surface area contributed by atoms with Crippen LogP contribution in [0.15, 0.2) is 29.2 Å². The summed E-state index contributed by atoms with van der Waals surface area (Å²) in [6, 6.07) is 10.3. The maximum atomic E-state index is 9.30. The number of hydrogen-bond donors (Lipinski definition) is 1. The van der Waals surface area contributed by atoms with Gasteiger partial charge in [-0.05, 0) is 43.4 Å². The second-order valence-electron chi connectivity index (χ2n) is 4.30. The number of benzene rings is 1. The average molecular weight is 269 g/mol. The number of pyridine rings is 1. The molecule has 0 aliphatic carbocycles. The maximum Gasteiger partial charge on any atom is 0.142 e. The number of nitrogens with zero attached hydrogens (tertiary/aromatic N) is 2. The average Bonchev–Trinajstić information content (AvgIpc) is 2.42. The molecule has 1 heterocycles. The van der Waals surface area contributed by atoms with Crippen molar-refractivity contribution >= 4 is 17.6 Å². The van der Waals surface area contributed by atoms with E-state index in [1.54, 1.807) is 11.8 Å². The summed E-state index contributed by atoms with van der Waals surface area (Å²) < 4.78 is 0. The van der Waals surface area contributed by atoms with E-state index in [2.05, 4.69) is 11.1 Å². The predicted octanol–water partition coefficient (Wildman–Crippen LogP) is 3.54. The van der Waals surface area contributed by atoms with E-state index in [4.69, 9.17) is 5.73 Å². The number of anilines is 1. The summed E-state index contributed by atoms with van der Waals surface area (Å²) in [6.45, 7) is 3.88. The van der Waals surface area contributed by atoms with Crippen LogP contribution in [0.5, 0.6) is 0 Å². The van der Waals surface area contributed by atoms with Gasteiger partial charge in [0, 0.05) is 16.2 Å². The molecule has 2 N–H and O–H groups in total. The van der Waals surface area contributed by atoms with Crippen molar-refractivity contribution in [3.8, 4) is 17.2 Å². The first-order valence-corrected chi connectivity index (χ1v) is 7.12. The summed E-state index contributed by atoms with van der Waals surface area (Å²) in [4.78, 5) is 5.41. The van der Waals surface area contributed by atoms with E-state index in [9.17, 15) is 5.26 Å². The Labute approximate surface area is 117 Å². The van der Waals surface area contributed by atoms with Crippen LogP contribution in [-0.4, -0.2) is 11.2 Å². The molecule has 3 nitrogen and oxygen atoms in total. The molecule has 1 aromatic carbocycles. The molecule has 0 aliphatic heterocycles. The van der Waals surface area contributed by atoms with Crippen LogP contribution < -0.4 is 5.73 Å². The third kappa shape index (κ3) is 2.42. The third-order valence-corrected chi connectivity index (χ3v) is 3.95. The molecule has 0 saturated carbocycles. The second kappa shape index (κ2) is 5.33. The molecule has 0 spiro atoms. The van der Waals surface area contributed by atoms with E-state index >= 15 is 0 Å². The zero-order chi connectivity index (χ0) is 14.0. The lowest BCUT2D eigenvalue weighted by molar-refractivity contribution is 1.15. The van der Waals surface area contributed by atoms with Crippen LogP contribution in [0.2, 0.25) is 0 Å². The third-order valence-electron chi connectivity index (χ3n) is 3.20. The van der Waals surface area contributed by atoms with Crippen molar-refractivity contribution in [1.29, 1.82) is 5.26 Å². The van der Waals surface area contributed by atoms with Gasteiger partial charge in [0.2, 0.25) is 0 Å². The normalized spacial score (nSPS) is 10.2.